The third kappa shape index (κ3) is 2.23. The van der Waals surface area contributed by atoms with Crippen LogP contribution in [-0.2, 0) is 0 Å². The quantitative estimate of drug-likeness (QED) is 0.460. The summed E-state index contributed by atoms with van der Waals surface area (Å²) in [5.74, 6) is 1.34. The van der Waals surface area contributed by atoms with Gasteiger partial charge in [-0.3, -0.25) is 4.98 Å². The average molecular weight is 289 g/mol. The van der Waals surface area contributed by atoms with Crippen molar-refractivity contribution in [2.75, 3.05) is 13.2 Å². The molecule has 6 nitrogen and oxygen atoms in total. The summed E-state index contributed by atoms with van der Waals surface area (Å²) in [6.07, 6.45) is 5.12. The highest BCUT2D eigenvalue weighted by molar-refractivity contribution is 7.42. The Hall–Kier alpha value is -2.07. The molecule has 0 radical (unpaired) electrons. The minimum Gasteiger partial charge on any atom is -0.491 e. The molecule has 20 heavy (non-hydrogen) atoms. The molecule has 4 N–H and O–H groups in total. The van der Waals surface area contributed by atoms with Crippen LogP contribution in [0, 0.1) is 6.92 Å². The lowest BCUT2D eigenvalue weighted by atomic mass is 10.1. The van der Waals surface area contributed by atoms with Crippen LogP contribution in [0.15, 0.2) is 34.5 Å². The van der Waals surface area contributed by atoms with Crippen molar-refractivity contribution in [2.45, 2.75) is 6.92 Å². The van der Waals surface area contributed by atoms with E-state index in [-0.39, 0.29) is 0 Å². The molecule has 1 atom stereocenters. The lowest BCUT2D eigenvalue weighted by molar-refractivity contribution is 0.311. The fourth-order valence-corrected chi connectivity index (χ4v) is 3.41. The fourth-order valence-electron chi connectivity index (χ4n) is 2.23. The van der Waals surface area contributed by atoms with E-state index in [4.69, 9.17) is 16.2 Å². The van der Waals surface area contributed by atoms with Gasteiger partial charge in [0.15, 0.2) is 0 Å². The van der Waals surface area contributed by atoms with Crippen LogP contribution in [0.3, 0.4) is 0 Å². The van der Waals surface area contributed by atoms with Crippen molar-refractivity contribution in [3.8, 4) is 5.75 Å². The molecule has 0 bridgehead atoms. The smallest absolute Gasteiger partial charge is 0.134 e. The molecule has 0 spiro atoms. The number of aryl methyl sites for hydroxylation is 1. The molecular weight excluding hydrogens is 273 g/mol. The molecule has 1 unspecified atom stereocenters. The van der Waals surface area contributed by atoms with Crippen molar-refractivity contribution in [3.63, 3.8) is 0 Å². The summed E-state index contributed by atoms with van der Waals surface area (Å²) in [6.45, 7) is 3.42. The first-order valence-corrected chi connectivity index (χ1v) is 7.23. The van der Waals surface area contributed by atoms with Gasteiger partial charge >= 0.3 is 0 Å². The SMILES string of the molecule is Cc1cc2c(cn1)C1=C/C(=C(N)/N=C\N)PN1CCO2. The van der Waals surface area contributed by atoms with Crippen LogP contribution in [0.1, 0.15) is 11.3 Å². The molecule has 3 heterocycles. The standard InChI is InChI=1S/C13H16N5OP/c1-8-4-11-9(6-16-8)10-5-12(13(15)17-7-14)20-18(10)2-3-19-11/h4-7,20H,2-3,15H2,1H3,(H2,14,17)/b13-12-. The third-order valence-electron chi connectivity index (χ3n) is 3.17. The molecule has 0 saturated carbocycles. The topological polar surface area (TPSA) is 89.8 Å². The summed E-state index contributed by atoms with van der Waals surface area (Å²) in [4.78, 5) is 8.32. The van der Waals surface area contributed by atoms with Crippen LogP contribution in [0.25, 0.3) is 5.70 Å². The van der Waals surface area contributed by atoms with Gasteiger partial charge in [-0.2, -0.15) is 0 Å². The number of pyridine rings is 1. The van der Waals surface area contributed by atoms with Crippen LogP contribution in [0.4, 0.5) is 0 Å². The number of hydrogen-bond donors (Lipinski definition) is 2. The predicted molar refractivity (Wildman–Crippen MR) is 81.4 cm³/mol. The van der Waals surface area contributed by atoms with E-state index in [1.165, 1.54) is 6.34 Å². The molecule has 1 aromatic rings. The number of ether oxygens (including phenoxy) is 1. The maximum atomic E-state index is 5.92. The van der Waals surface area contributed by atoms with Gasteiger partial charge in [-0.25, -0.2) is 4.99 Å². The Morgan fingerprint density at radius 2 is 2.45 bits per heavy atom. The number of nitrogens with two attached hydrogens (primary N) is 2. The summed E-state index contributed by atoms with van der Waals surface area (Å²) in [5.41, 5.74) is 14.2. The highest BCUT2D eigenvalue weighted by atomic mass is 31.1. The molecule has 104 valence electrons. The number of aliphatic imine (C=N–C) groups is 1. The highest BCUT2D eigenvalue weighted by Gasteiger charge is 2.27. The zero-order valence-corrected chi connectivity index (χ0v) is 12.1. The normalized spacial score (nSPS) is 21.2. The van der Waals surface area contributed by atoms with Crippen LogP contribution < -0.4 is 16.2 Å². The number of rotatable bonds is 1. The molecule has 0 fully saturated rings. The van der Waals surface area contributed by atoms with Gasteiger partial charge in [0.05, 0.1) is 24.1 Å². The summed E-state index contributed by atoms with van der Waals surface area (Å²) >= 11 is 0. The first-order chi connectivity index (χ1) is 9.69. The minimum atomic E-state index is 0.443. The molecule has 7 heteroatoms. The molecule has 1 aromatic heterocycles. The van der Waals surface area contributed by atoms with Gasteiger partial charge in [-0.1, -0.05) is 0 Å². The van der Waals surface area contributed by atoms with E-state index in [2.05, 4.69) is 14.6 Å². The van der Waals surface area contributed by atoms with Gasteiger partial charge < -0.3 is 20.9 Å². The number of nitrogens with zero attached hydrogens (tertiary/aromatic N) is 3. The van der Waals surface area contributed by atoms with E-state index in [0.29, 0.717) is 21.2 Å². The lowest BCUT2D eigenvalue weighted by Crippen LogP contribution is -2.13. The molecule has 2 aliphatic rings. The van der Waals surface area contributed by atoms with Gasteiger partial charge in [0.2, 0.25) is 0 Å². The average Bonchev–Trinajstić information content (AvgIpc) is 2.77. The molecular formula is C13H16N5OP. The minimum absolute atomic E-state index is 0.443. The first kappa shape index (κ1) is 12.9. The van der Waals surface area contributed by atoms with E-state index in [1.807, 2.05) is 25.3 Å². The number of fused-ring (bicyclic) bond motifs is 3. The Balaban J connectivity index is 2.08. The van der Waals surface area contributed by atoms with Crippen LogP contribution in [0.2, 0.25) is 0 Å². The van der Waals surface area contributed by atoms with E-state index in [0.717, 1.165) is 34.6 Å². The van der Waals surface area contributed by atoms with E-state index >= 15 is 0 Å². The van der Waals surface area contributed by atoms with Gasteiger partial charge in [-0.15, -0.1) is 0 Å². The second-order valence-electron chi connectivity index (χ2n) is 4.54. The Morgan fingerprint density at radius 1 is 1.60 bits per heavy atom. The molecule has 3 rings (SSSR count). The van der Waals surface area contributed by atoms with Crippen molar-refractivity contribution in [3.05, 3.63) is 40.7 Å². The Morgan fingerprint density at radius 3 is 3.25 bits per heavy atom. The van der Waals surface area contributed by atoms with Crippen molar-refractivity contribution in [1.29, 1.82) is 0 Å². The molecule has 0 aromatic carbocycles. The molecule has 0 amide bonds. The predicted octanol–water partition coefficient (Wildman–Crippen LogP) is 1.15. The van der Waals surface area contributed by atoms with Crippen LogP contribution >= 0.6 is 8.73 Å². The Kier molecular flexibility index (Phi) is 3.32. The van der Waals surface area contributed by atoms with E-state index in [1.54, 1.807) is 0 Å². The van der Waals surface area contributed by atoms with Gasteiger partial charge in [0.1, 0.15) is 18.2 Å². The third-order valence-corrected chi connectivity index (χ3v) is 4.54. The molecule has 0 aliphatic carbocycles. The summed E-state index contributed by atoms with van der Waals surface area (Å²) < 4.78 is 8.04. The summed E-state index contributed by atoms with van der Waals surface area (Å²) in [6, 6.07) is 1.96. The second kappa shape index (κ2) is 5.13. The van der Waals surface area contributed by atoms with Crippen molar-refractivity contribution < 1.29 is 4.74 Å². The Labute approximate surface area is 119 Å². The fraction of sp³-hybridized carbons (Fsp3) is 0.231. The van der Waals surface area contributed by atoms with E-state index < -0.39 is 0 Å². The Bertz CT molecular complexity index is 638. The number of aromatic nitrogens is 1. The van der Waals surface area contributed by atoms with Crippen molar-refractivity contribution in [2.24, 2.45) is 16.5 Å². The maximum absolute atomic E-state index is 5.92. The highest BCUT2D eigenvalue weighted by Crippen LogP contribution is 2.48. The molecule has 0 saturated heterocycles. The second-order valence-corrected chi connectivity index (χ2v) is 5.84. The largest absolute Gasteiger partial charge is 0.491 e. The van der Waals surface area contributed by atoms with Crippen LogP contribution in [-0.4, -0.2) is 29.1 Å². The summed E-state index contributed by atoms with van der Waals surface area (Å²) in [5, 5.41) is 0.995. The van der Waals surface area contributed by atoms with Crippen molar-refractivity contribution in [1.82, 2.24) is 9.65 Å². The number of hydrogen-bond acceptors (Lipinski definition) is 5. The van der Waals surface area contributed by atoms with E-state index in [9.17, 15) is 0 Å². The monoisotopic (exact) mass is 289 g/mol. The number of allylic oxidation sites excluding steroid dienone is 2. The van der Waals surface area contributed by atoms with Gasteiger partial charge in [0, 0.05) is 32.0 Å². The van der Waals surface area contributed by atoms with Gasteiger partial charge in [-0.05, 0) is 13.0 Å². The zero-order chi connectivity index (χ0) is 14.1. The summed E-state index contributed by atoms with van der Waals surface area (Å²) in [7, 11) is 0.443. The molecule has 2 aliphatic heterocycles. The zero-order valence-electron chi connectivity index (χ0n) is 11.1. The van der Waals surface area contributed by atoms with Crippen molar-refractivity contribution >= 4 is 20.8 Å². The first-order valence-electron chi connectivity index (χ1n) is 6.29. The maximum Gasteiger partial charge on any atom is 0.134 e. The lowest BCUT2D eigenvalue weighted by Gasteiger charge is -2.18. The van der Waals surface area contributed by atoms with Gasteiger partial charge in [0.25, 0.3) is 0 Å². The van der Waals surface area contributed by atoms with Crippen LogP contribution in [0.5, 0.6) is 5.75 Å².